The molecular formula is C12H15NO. The zero-order chi connectivity index (χ0) is 9.80. The van der Waals surface area contributed by atoms with Crippen LogP contribution >= 0.6 is 0 Å². The summed E-state index contributed by atoms with van der Waals surface area (Å²) in [7, 11) is 0. The van der Waals surface area contributed by atoms with Crippen LogP contribution in [0, 0.1) is 0 Å². The summed E-state index contributed by atoms with van der Waals surface area (Å²) >= 11 is 0. The standard InChI is InChI=1S/C12H15NO/c13-10-5-4-8-12(9-10)14-11-6-2-1-3-7-11/h2,4-6,8-9,11H,1,3,7,13H2. The van der Waals surface area contributed by atoms with Crippen molar-refractivity contribution >= 4 is 5.69 Å². The van der Waals surface area contributed by atoms with Gasteiger partial charge in [-0.3, -0.25) is 0 Å². The molecular weight excluding hydrogens is 174 g/mol. The normalized spacial score (nSPS) is 20.7. The van der Waals surface area contributed by atoms with Gasteiger partial charge in [0.2, 0.25) is 0 Å². The molecule has 14 heavy (non-hydrogen) atoms. The van der Waals surface area contributed by atoms with E-state index in [-0.39, 0.29) is 6.10 Å². The molecule has 1 aliphatic rings. The van der Waals surface area contributed by atoms with E-state index in [0.717, 1.165) is 17.9 Å². The monoisotopic (exact) mass is 189 g/mol. The largest absolute Gasteiger partial charge is 0.486 e. The van der Waals surface area contributed by atoms with Gasteiger partial charge in [-0.2, -0.15) is 0 Å². The van der Waals surface area contributed by atoms with Crippen molar-refractivity contribution in [3.8, 4) is 5.75 Å². The summed E-state index contributed by atoms with van der Waals surface area (Å²) in [4.78, 5) is 0. The number of hydrogen-bond acceptors (Lipinski definition) is 2. The van der Waals surface area contributed by atoms with E-state index in [1.807, 2.05) is 24.3 Å². The summed E-state index contributed by atoms with van der Waals surface area (Å²) in [6, 6.07) is 7.59. The molecule has 1 atom stereocenters. The Morgan fingerprint density at radius 3 is 3.00 bits per heavy atom. The summed E-state index contributed by atoms with van der Waals surface area (Å²) in [6.45, 7) is 0. The Kier molecular flexibility index (Phi) is 2.73. The van der Waals surface area contributed by atoms with Crippen LogP contribution in [-0.4, -0.2) is 6.10 Å². The Balaban J connectivity index is 2.02. The Bertz CT molecular complexity index is 333. The van der Waals surface area contributed by atoms with Crippen LogP contribution in [0.25, 0.3) is 0 Å². The minimum Gasteiger partial charge on any atom is -0.486 e. The zero-order valence-electron chi connectivity index (χ0n) is 8.15. The van der Waals surface area contributed by atoms with Crippen LogP contribution in [0.5, 0.6) is 5.75 Å². The van der Waals surface area contributed by atoms with Gasteiger partial charge < -0.3 is 10.5 Å². The van der Waals surface area contributed by atoms with Crippen molar-refractivity contribution in [2.45, 2.75) is 25.4 Å². The fraction of sp³-hybridized carbons (Fsp3) is 0.333. The quantitative estimate of drug-likeness (QED) is 0.573. The molecule has 74 valence electrons. The van der Waals surface area contributed by atoms with Crippen molar-refractivity contribution in [3.05, 3.63) is 36.4 Å². The van der Waals surface area contributed by atoms with E-state index >= 15 is 0 Å². The second kappa shape index (κ2) is 4.18. The summed E-state index contributed by atoms with van der Waals surface area (Å²) in [5.74, 6) is 0.863. The van der Waals surface area contributed by atoms with Crippen LogP contribution in [0.1, 0.15) is 19.3 Å². The second-order valence-electron chi connectivity index (χ2n) is 3.59. The highest BCUT2D eigenvalue weighted by atomic mass is 16.5. The number of hydrogen-bond donors (Lipinski definition) is 1. The summed E-state index contributed by atoms with van der Waals surface area (Å²) < 4.78 is 5.77. The Hall–Kier alpha value is -1.44. The third-order valence-electron chi connectivity index (χ3n) is 2.36. The van der Waals surface area contributed by atoms with E-state index in [1.165, 1.54) is 12.8 Å². The number of allylic oxidation sites excluding steroid dienone is 1. The number of rotatable bonds is 2. The lowest BCUT2D eigenvalue weighted by Gasteiger charge is -2.18. The van der Waals surface area contributed by atoms with E-state index in [2.05, 4.69) is 12.2 Å². The molecule has 0 aromatic heterocycles. The van der Waals surface area contributed by atoms with Gasteiger partial charge in [-0.25, -0.2) is 0 Å². The lowest BCUT2D eigenvalue weighted by atomic mass is 10.1. The van der Waals surface area contributed by atoms with Gasteiger partial charge >= 0.3 is 0 Å². The minimum absolute atomic E-state index is 0.227. The molecule has 0 amide bonds. The molecule has 0 spiro atoms. The maximum atomic E-state index is 5.77. The Labute approximate surface area is 84.4 Å². The Morgan fingerprint density at radius 1 is 1.36 bits per heavy atom. The average Bonchev–Trinajstić information content (AvgIpc) is 2.19. The maximum Gasteiger partial charge on any atom is 0.122 e. The van der Waals surface area contributed by atoms with Crippen LogP contribution in [0.4, 0.5) is 5.69 Å². The molecule has 1 aliphatic carbocycles. The van der Waals surface area contributed by atoms with Crippen molar-refractivity contribution in [2.24, 2.45) is 0 Å². The van der Waals surface area contributed by atoms with E-state index in [9.17, 15) is 0 Å². The average molecular weight is 189 g/mol. The molecule has 1 unspecified atom stereocenters. The van der Waals surface area contributed by atoms with E-state index in [0.29, 0.717) is 0 Å². The summed E-state index contributed by atoms with van der Waals surface area (Å²) in [5, 5.41) is 0. The van der Waals surface area contributed by atoms with Crippen LogP contribution in [-0.2, 0) is 0 Å². The summed E-state index contributed by atoms with van der Waals surface area (Å²) in [5.41, 5.74) is 6.42. The third-order valence-corrected chi connectivity index (χ3v) is 2.36. The second-order valence-corrected chi connectivity index (χ2v) is 3.59. The number of anilines is 1. The fourth-order valence-corrected chi connectivity index (χ4v) is 1.64. The SMILES string of the molecule is Nc1cccc(OC2C=CCCC2)c1. The van der Waals surface area contributed by atoms with E-state index in [1.54, 1.807) is 0 Å². The molecule has 0 bridgehead atoms. The smallest absolute Gasteiger partial charge is 0.122 e. The van der Waals surface area contributed by atoms with Crippen LogP contribution in [0.3, 0.4) is 0 Å². The first kappa shape index (κ1) is 9.13. The molecule has 2 heteroatoms. The van der Waals surface area contributed by atoms with Crippen molar-refractivity contribution in [1.29, 1.82) is 0 Å². The number of benzene rings is 1. The maximum absolute atomic E-state index is 5.77. The first-order valence-electron chi connectivity index (χ1n) is 5.03. The van der Waals surface area contributed by atoms with Crippen molar-refractivity contribution in [2.75, 3.05) is 5.73 Å². The number of nitrogen functional groups attached to an aromatic ring is 1. The molecule has 1 aromatic carbocycles. The minimum atomic E-state index is 0.227. The van der Waals surface area contributed by atoms with Gasteiger partial charge in [-0.1, -0.05) is 12.1 Å². The topological polar surface area (TPSA) is 35.2 Å². The molecule has 0 fully saturated rings. The first-order chi connectivity index (χ1) is 6.84. The predicted molar refractivity (Wildman–Crippen MR) is 58.3 cm³/mol. The molecule has 0 radical (unpaired) electrons. The number of nitrogens with two attached hydrogens (primary N) is 1. The number of ether oxygens (including phenoxy) is 1. The van der Waals surface area contributed by atoms with Crippen molar-refractivity contribution in [1.82, 2.24) is 0 Å². The first-order valence-corrected chi connectivity index (χ1v) is 5.03. The third kappa shape index (κ3) is 2.28. The van der Waals surface area contributed by atoms with Gasteiger partial charge in [0.15, 0.2) is 0 Å². The molecule has 0 saturated carbocycles. The summed E-state index contributed by atoms with van der Waals surface area (Å²) in [6.07, 6.45) is 8.03. The highest BCUT2D eigenvalue weighted by Gasteiger charge is 2.09. The molecule has 0 heterocycles. The molecule has 0 aliphatic heterocycles. The van der Waals surface area contributed by atoms with Gasteiger partial charge in [0.1, 0.15) is 11.9 Å². The van der Waals surface area contributed by atoms with Crippen LogP contribution in [0.15, 0.2) is 36.4 Å². The molecule has 2 rings (SSSR count). The van der Waals surface area contributed by atoms with Gasteiger partial charge in [-0.15, -0.1) is 0 Å². The molecule has 1 aromatic rings. The fourth-order valence-electron chi connectivity index (χ4n) is 1.64. The zero-order valence-corrected chi connectivity index (χ0v) is 8.15. The van der Waals surface area contributed by atoms with Gasteiger partial charge in [0, 0.05) is 11.8 Å². The lowest BCUT2D eigenvalue weighted by Crippen LogP contribution is -2.15. The van der Waals surface area contributed by atoms with Crippen molar-refractivity contribution < 1.29 is 4.74 Å². The van der Waals surface area contributed by atoms with Gasteiger partial charge in [-0.05, 0) is 37.5 Å². The van der Waals surface area contributed by atoms with Crippen LogP contribution in [0.2, 0.25) is 0 Å². The highest BCUT2D eigenvalue weighted by Crippen LogP contribution is 2.20. The van der Waals surface area contributed by atoms with Crippen molar-refractivity contribution in [3.63, 3.8) is 0 Å². The molecule has 2 nitrogen and oxygen atoms in total. The van der Waals surface area contributed by atoms with Gasteiger partial charge in [0.05, 0.1) is 0 Å². The molecule has 0 saturated heterocycles. The Morgan fingerprint density at radius 2 is 2.29 bits per heavy atom. The van der Waals surface area contributed by atoms with E-state index < -0.39 is 0 Å². The highest BCUT2D eigenvalue weighted by molar-refractivity contribution is 5.43. The predicted octanol–water partition coefficient (Wildman–Crippen LogP) is 2.76. The van der Waals surface area contributed by atoms with Crippen LogP contribution < -0.4 is 10.5 Å². The lowest BCUT2D eigenvalue weighted by molar-refractivity contribution is 0.230. The van der Waals surface area contributed by atoms with E-state index in [4.69, 9.17) is 10.5 Å². The van der Waals surface area contributed by atoms with Gasteiger partial charge in [0.25, 0.3) is 0 Å². The molecule has 2 N–H and O–H groups in total.